The maximum absolute atomic E-state index is 10.3. The summed E-state index contributed by atoms with van der Waals surface area (Å²) in [7, 11) is 0. The third kappa shape index (κ3) is 1.88. The fourth-order valence-corrected chi connectivity index (χ4v) is 0.853. The Morgan fingerprint density at radius 1 is 1.70 bits per heavy atom. The second kappa shape index (κ2) is 3.41. The van der Waals surface area contributed by atoms with Gasteiger partial charge in [-0.2, -0.15) is 0 Å². The monoisotopic (exact) mass is 145 g/mol. The summed E-state index contributed by atoms with van der Waals surface area (Å²) in [6, 6.07) is 0. The summed E-state index contributed by atoms with van der Waals surface area (Å²) in [5, 5.41) is 0. The Morgan fingerprint density at radius 3 is 3.00 bits per heavy atom. The Kier molecular flexibility index (Phi) is 2.50. The Labute approximate surface area is 59.3 Å². The van der Waals surface area contributed by atoms with Crippen molar-refractivity contribution in [3.8, 4) is 0 Å². The lowest BCUT2D eigenvalue weighted by molar-refractivity contribution is 0.116. The van der Waals surface area contributed by atoms with Crippen LogP contribution in [0.25, 0.3) is 0 Å². The van der Waals surface area contributed by atoms with Gasteiger partial charge in [-0.15, -0.1) is 0 Å². The van der Waals surface area contributed by atoms with Crippen LogP contribution in [0.5, 0.6) is 0 Å². The van der Waals surface area contributed by atoms with E-state index >= 15 is 0 Å². The third-order valence-corrected chi connectivity index (χ3v) is 1.38. The molecule has 1 heterocycles. The van der Waals surface area contributed by atoms with Gasteiger partial charge in [0, 0.05) is 0 Å². The number of rotatable bonds is 3. The van der Waals surface area contributed by atoms with E-state index in [9.17, 15) is 4.79 Å². The molecule has 0 spiro atoms. The second-order valence-electron chi connectivity index (χ2n) is 2.23. The molecule has 0 aromatic heterocycles. The molecule has 1 fully saturated rings. The summed E-state index contributed by atoms with van der Waals surface area (Å²) in [4.78, 5) is 10.3. The van der Waals surface area contributed by atoms with E-state index in [1.54, 1.807) is 0 Å². The molecule has 1 atom stereocenters. The standard InChI is InChI=1S/C6H11NO3/c7-3-1-2-5-4-9-6(8)10-5/h5H,1-4,7H2. The molecule has 1 saturated heterocycles. The number of nitrogens with two attached hydrogens (primary N) is 1. The number of hydrogen-bond donors (Lipinski definition) is 1. The fourth-order valence-electron chi connectivity index (χ4n) is 0.853. The normalized spacial score (nSPS) is 24.1. The van der Waals surface area contributed by atoms with Gasteiger partial charge in [0.15, 0.2) is 0 Å². The molecule has 4 nitrogen and oxygen atoms in total. The van der Waals surface area contributed by atoms with Crippen molar-refractivity contribution in [2.75, 3.05) is 13.2 Å². The summed E-state index contributed by atoms with van der Waals surface area (Å²) >= 11 is 0. The summed E-state index contributed by atoms with van der Waals surface area (Å²) in [5.74, 6) is 0. The Balaban J connectivity index is 2.12. The fraction of sp³-hybridized carbons (Fsp3) is 0.833. The van der Waals surface area contributed by atoms with Crippen LogP contribution >= 0.6 is 0 Å². The van der Waals surface area contributed by atoms with Crippen LogP contribution < -0.4 is 5.73 Å². The zero-order valence-electron chi connectivity index (χ0n) is 5.71. The van der Waals surface area contributed by atoms with Gasteiger partial charge in [-0.25, -0.2) is 4.79 Å². The average molecular weight is 145 g/mol. The number of cyclic esters (lactones) is 2. The molecular formula is C6H11NO3. The van der Waals surface area contributed by atoms with Gasteiger partial charge in [0.05, 0.1) is 0 Å². The van der Waals surface area contributed by atoms with Gasteiger partial charge in [-0.3, -0.25) is 0 Å². The Hall–Kier alpha value is -0.770. The minimum Gasteiger partial charge on any atom is -0.430 e. The highest BCUT2D eigenvalue weighted by molar-refractivity contribution is 5.61. The number of carbonyl (C=O) groups is 1. The quantitative estimate of drug-likeness (QED) is 0.578. The van der Waals surface area contributed by atoms with Crippen molar-refractivity contribution in [3.05, 3.63) is 0 Å². The van der Waals surface area contributed by atoms with Gasteiger partial charge in [0.2, 0.25) is 0 Å². The first-order valence-electron chi connectivity index (χ1n) is 3.36. The summed E-state index contributed by atoms with van der Waals surface area (Å²) < 4.78 is 9.31. The lowest BCUT2D eigenvalue weighted by Crippen LogP contribution is -2.12. The van der Waals surface area contributed by atoms with E-state index in [-0.39, 0.29) is 6.10 Å². The van der Waals surface area contributed by atoms with Crippen molar-refractivity contribution >= 4 is 6.16 Å². The summed E-state index contributed by atoms with van der Waals surface area (Å²) in [5.41, 5.74) is 5.26. The first-order chi connectivity index (χ1) is 4.83. The molecule has 1 unspecified atom stereocenters. The lowest BCUT2D eigenvalue weighted by Gasteiger charge is -2.02. The SMILES string of the molecule is NCCCC1COC(=O)O1. The second-order valence-corrected chi connectivity index (χ2v) is 2.23. The number of carbonyl (C=O) groups excluding carboxylic acids is 1. The lowest BCUT2D eigenvalue weighted by atomic mass is 10.2. The van der Waals surface area contributed by atoms with Crippen LogP contribution in [0.4, 0.5) is 4.79 Å². The zero-order chi connectivity index (χ0) is 7.40. The molecule has 1 aliphatic heterocycles. The molecule has 0 aliphatic carbocycles. The molecule has 0 radical (unpaired) electrons. The van der Waals surface area contributed by atoms with Crippen molar-refractivity contribution in [2.45, 2.75) is 18.9 Å². The highest BCUT2D eigenvalue weighted by Gasteiger charge is 2.23. The Bertz CT molecular complexity index is 126. The van der Waals surface area contributed by atoms with Gasteiger partial charge in [-0.05, 0) is 19.4 Å². The van der Waals surface area contributed by atoms with E-state index in [1.165, 1.54) is 0 Å². The van der Waals surface area contributed by atoms with Crippen molar-refractivity contribution in [1.82, 2.24) is 0 Å². The summed E-state index contributed by atoms with van der Waals surface area (Å²) in [6.45, 7) is 1.02. The van der Waals surface area contributed by atoms with E-state index in [2.05, 4.69) is 4.74 Å². The molecule has 2 N–H and O–H groups in total. The van der Waals surface area contributed by atoms with Crippen molar-refractivity contribution < 1.29 is 14.3 Å². The molecule has 4 heteroatoms. The maximum atomic E-state index is 10.3. The van der Waals surface area contributed by atoms with E-state index < -0.39 is 6.16 Å². The smallest absolute Gasteiger partial charge is 0.430 e. The van der Waals surface area contributed by atoms with Crippen molar-refractivity contribution in [2.24, 2.45) is 5.73 Å². The van der Waals surface area contributed by atoms with Gasteiger partial charge >= 0.3 is 6.16 Å². The van der Waals surface area contributed by atoms with E-state index in [0.717, 1.165) is 12.8 Å². The molecule has 0 bridgehead atoms. The average Bonchev–Trinajstić information content (AvgIpc) is 2.31. The van der Waals surface area contributed by atoms with Crippen LogP contribution in [-0.2, 0) is 9.47 Å². The van der Waals surface area contributed by atoms with Gasteiger partial charge < -0.3 is 15.2 Å². The van der Waals surface area contributed by atoms with E-state index in [4.69, 9.17) is 10.5 Å². The largest absolute Gasteiger partial charge is 0.508 e. The van der Waals surface area contributed by atoms with Crippen LogP contribution in [0.3, 0.4) is 0 Å². The minimum atomic E-state index is -0.554. The van der Waals surface area contributed by atoms with Crippen LogP contribution in [0.1, 0.15) is 12.8 Å². The molecule has 10 heavy (non-hydrogen) atoms. The predicted octanol–water partition coefficient (Wildman–Crippen LogP) is 0.261. The minimum absolute atomic E-state index is 0.0592. The first-order valence-corrected chi connectivity index (χ1v) is 3.36. The van der Waals surface area contributed by atoms with E-state index in [1.807, 2.05) is 0 Å². The Morgan fingerprint density at radius 2 is 2.50 bits per heavy atom. The third-order valence-electron chi connectivity index (χ3n) is 1.38. The van der Waals surface area contributed by atoms with Crippen LogP contribution in [0.15, 0.2) is 0 Å². The van der Waals surface area contributed by atoms with Crippen LogP contribution in [0.2, 0.25) is 0 Å². The molecular weight excluding hydrogens is 134 g/mol. The predicted molar refractivity (Wildman–Crippen MR) is 34.5 cm³/mol. The molecule has 1 rings (SSSR count). The van der Waals surface area contributed by atoms with Gasteiger partial charge in [-0.1, -0.05) is 0 Å². The van der Waals surface area contributed by atoms with Gasteiger partial charge in [0.1, 0.15) is 12.7 Å². The molecule has 58 valence electrons. The molecule has 0 amide bonds. The zero-order valence-corrected chi connectivity index (χ0v) is 5.71. The number of ether oxygens (including phenoxy) is 2. The van der Waals surface area contributed by atoms with E-state index in [0.29, 0.717) is 13.2 Å². The summed E-state index contributed by atoms with van der Waals surface area (Å²) in [6.07, 6.45) is 1.07. The van der Waals surface area contributed by atoms with Crippen LogP contribution in [-0.4, -0.2) is 25.4 Å². The molecule has 1 aliphatic rings. The molecule has 0 aromatic rings. The highest BCUT2D eigenvalue weighted by Crippen LogP contribution is 2.10. The van der Waals surface area contributed by atoms with Crippen molar-refractivity contribution in [1.29, 1.82) is 0 Å². The van der Waals surface area contributed by atoms with Crippen LogP contribution in [0, 0.1) is 0 Å². The van der Waals surface area contributed by atoms with Gasteiger partial charge in [0.25, 0.3) is 0 Å². The maximum Gasteiger partial charge on any atom is 0.508 e. The first kappa shape index (κ1) is 7.34. The van der Waals surface area contributed by atoms with Crippen molar-refractivity contribution in [3.63, 3.8) is 0 Å². The molecule has 0 saturated carbocycles. The topological polar surface area (TPSA) is 61.5 Å². The number of hydrogen-bond acceptors (Lipinski definition) is 4. The molecule has 0 aromatic carbocycles. The highest BCUT2D eigenvalue weighted by atomic mass is 16.8.